The Morgan fingerprint density at radius 1 is 1.25 bits per heavy atom. The number of hydrogen-bond acceptors (Lipinski definition) is 2. The number of halogens is 2. The summed E-state index contributed by atoms with van der Waals surface area (Å²) < 4.78 is 25.2. The zero-order valence-corrected chi connectivity index (χ0v) is 6.09. The number of alkyl halides is 2. The van der Waals surface area contributed by atoms with Gasteiger partial charge in [-0.2, -0.15) is 14.0 Å². The first-order valence-electron chi connectivity index (χ1n) is 3.21. The van der Waals surface area contributed by atoms with E-state index in [1.54, 1.807) is 0 Å². The van der Waals surface area contributed by atoms with Crippen LogP contribution in [0.1, 0.15) is 5.56 Å². The Kier molecular flexibility index (Phi) is 1.96. The largest absolute Gasteiger partial charge is 0.399 e. The number of anilines is 1. The Hall–Kier alpha value is -1.63. The first kappa shape index (κ1) is 8.47. The molecule has 1 aromatic carbocycles. The summed E-state index contributed by atoms with van der Waals surface area (Å²) in [5.41, 5.74) is 5.35. The predicted octanol–water partition coefficient (Wildman–Crippen LogP) is 1.88. The lowest BCUT2D eigenvalue weighted by molar-refractivity contribution is 0.0613. The quantitative estimate of drug-likeness (QED) is 0.651. The fraction of sp³-hybridized carbons (Fsp3) is 0.125. The molecule has 0 saturated carbocycles. The average molecular weight is 168 g/mol. The molecule has 0 aromatic heterocycles. The molecule has 12 heavy (non-hydrogen) atoms. The number of nitrogen functional groups attached to an aromatic ring is 1. The number of rotatable bonds is 1. The minimum absolute atomic E-state index is 0.334. The normalized spacial score (nSPS) is 10.8. The highest BCUT2D eigenvalue weighted by atomic mass is 19.3. The first-order valence-corrected chi connectivity index (χ1v) is 3.21. The maximum atomic E-state index is 12.6. The second-order valence-electron chi connectivity index (χ2n) is 2.31. The highest BCUT2D eigenvalue weighted by Gasteiger charge is 2.30. The van der Waals surface area contributed by atoms with Crippen LogP contribution >= 0.6 is 0 Å². The summed E-state index contributed by atoms with van der Waals surface area (Å²) in [6, 6.07) is 5.85. The molecule has 0 aliphatic heterocycles. The van der Waals surface area contributed by atoms with E-state index in [2.05, 4.69) is 0 Å². The topological polar surface area (TPSA) is 49.8 Å². The summed E-state index contributed by atoms with van der Waals surface area (Å²) in [4.78, 5) is 0. The van der Waals surface area contributed by atoms with E-state index < -0.39 is 5.92 Å². The standard InChI is InChI=1S/C8H6F2N2/c9-8(10,5-11)6-1-3-7(12)4-2-6/h1-4H,12H2. The van der Waals surface area contributed by atoms with Crippen molar-refractivity contribution >= 4 is 5.69 Å². The summed E-state index contributed by atoms with van der Waals surface area (Å²) >= 11 is 0. The Morgan fingerprint density at radius 3 is 2.17 bits per heavy atom. The second kappa shape index (κ2) is 2.78. The maximum Gasteiger partial charge on any atom is 0.357 e. The zero-order valence-electron chi connectivity index (χ0n) is 6.09. The van der Waals surface area contributed by atoms with Gasteiger partial charge in [-0.15, -0.1) is 0 Å². The number of nitriles is 1. The number of benzene rings is 1. The van der Waals surface area contributed by atoms with Crippen LogP contribution in [0.15, 0.2) is 24.3 Å². The molecule has 2 N–H and O–H groups in total. The third kappa shape index (κ3) is 1.51. The van der Waals surface area contributed by atoms with Crippen molar-refractivity contribution in [3.8, 4) is 6.07 Å². The molecule has 4 heteroatoms. The Balaban J connectivity index is 3.07. The molecule has 0 bridgehead atoms. The van der Waals surface area contributed by atoms with Crippen LogP contribution in [0, 0.1) is 11.3 Å². The fourth-order valence-electron chi connectivity index (χ4n) is 0.757. The van der Waals surface area contributed by atoms with Gasteiger partial charge < -0.3 is 5.73 Å². The van der Waals surface area contributed by atoms with Crippen molar-refractivity contribution < 1.29 is 8.78 Å². The van der Waals surface area contributed by atoms with Gasteiger partial charge in [-0.1, -0.05) is 0 Å². The van der Waals surface area contributed by atoms with E-state index in [4.69, 9.17) is 11.0 Å². The molecule has 2 nitrogen and oxygen atoms in total. The Labute approximate surface area is 68.2 Å². The van der Waals surface area contributed by atoms with Crippen LogP contribution < -0.4 is 5.73 Å². The molecular weight excluding hydrogens is 162 g/mol. The molecule has 0 unspecified atom stereocenters. The molecule has 0 saturated heterocycles. The summed E-state index contributed by atoms with van der Waals surface area (Å²) in [7, 11) is 0. The highest BCUT2D eigenvalue weighted by Crippen LogP contribution is 2.26. The second-order valence-corrected chi connectivity index (χ2v) is 2.31. The van der Waals surface area contributed by atoms with Crippen molar-refractivity contribution in [2.75, 3.05) is 5.73 Å². The van der Waals surface area contributed by atoms with Gasteiger partial charge in [0.15, 0.2) is 0 Å². The van der Waals surface area contributed by atoms with Crippen molar-refractivity contribution in [2.24, 2.45) is 0 Å². The lowest BCUT2D eigenvalue weighted by atomic mass is 10.1. The number of nitrogens with two attached hydrogens (primary N) is 1. The van der Waals surface area contributed by atoms with Gasteiger partial charge >= 0.3 is 5.92 Å². The van der Waals surface area contributed by atoms with Gasteiger partial charge in [-0.3, -0.25) is 0 Å². The van der Waals surface area contributed by atoms with E-state index in [9.17, 15) is 8.78 Å². The molecule has 1 rings (SSSR count). The van der Waals surface area contributed by atoms with Gasteiger partial charge in [0.1, 0.15) is 6.07 Å². The van der Waals surface area contributed by atoms with E-state index in [1.807, 2.05) is 0 Å². The molecule has 0 aliphatic carbocycles. The smallest absolute Gasteiger partial charge is 0.357 e. The number of hydrogen-bond donors (Lipinski definition) is 1. The fourth-order valence-corrected chi connectivity index (χ4v) is 0.757. The minimum atomic E-state index is -3.42. The van der Waals surface area contributed by atoms with E-state index in [-0.39, 0.29) is 5.56 Å². The summed E-state index contributed by atoms with van der Waals surface area (Å²) in [6.07, 6.45) is 0. The summed E-state index contributed by atoms with van der Waals surface area (Å²) in [5, 5.41) is 8.09. The predicted molar refractivity (Wildman–Crippen MR) is 40.4 cm³/mol. The molecule has 0 atom stereocenters. The maximum absolute atomic E-state index is 12.6. The van der Waals surface area contributed by atoms with Crippen LogP contribution in [0.2, 0.25) is 0 Å². The van der Waals surface area contributed by atoms with E-state index in [0.29, 0.717) is 5.69 Å². The molecule has 0 amide bonds. The van der Waals surface area contributed by atoms with Gasteiger partial charge in [-0.25, -0.2) is 0 Å². The highest BCUT2D eigenvalue weighted by molar-refractivity contribution is 5.41. The van der Waals surface area contributed by atoms with E-state index in [1.165, 1.54) is 12.1 Å². The van der Waals surface area contributed by atoms with Crippen molar-refractivity contribution in [3.63, 3.8) is 0 Å². The molecule has 1 aromatic rings. The first-order chi connectivity index (χ1) is 5.56. The molecule has 0 spiro atoms. The van der Waals surface area contributed by atoms with Gasteiger partial charge in [0.25, 0.3) is 0 Å². The van der Waals surface area contributed by atoms with Crippen molar-refractivity contribution in [1.29, 1.82) is 5.26 Å². The van der Waals surface area contributed by atoms with Gasteiger partial charge in [0.05, 0.1) is 0 Å². The molecule has 0 aliphatic rings. The van der Waals surface area contributed by atoms with Gasteiger partial charge in [-0.05, 0) is 24.3 Å². The molecule has 0 radical (unpaired) electrons. The van der Waals surface area contributed by atoms with E-state index in [0.717, 1.165) is 18.2 Å². The van der Waals surface area contributed by atoms with Crippen molar-refractivity contribution in [1.82, 2.24) is 0 Å². The number of nitrogens with zero attached hydrogens (tertiary/aromatic N) is 1. The van der Waals surface area contributed by atoms with Gasteiger partial charge in [0, 0.05) is 11.3 Å². The molecule has 0 fully saturated rings. The summed E-state index contributed by atoms with van der Waals surface area (Å²) in [5.74, 6) is -3.42. The van der Waals surface area contributed by atoms with Crippen LogP contribution in [-0.4, -0.2) is 0 Å². The Morgan fingerprint density at radius 2 is 1.75 bits per heavy atom. The molecule has 0 heterocycles. The van der Waals surface area contributed by atoms with Crippen molar-refractivity contribution in [3.05, 3.63) is 29.8 Å². The zero-order chi connectivity index (χ0) is 9.19. The molecule has 62 valence electrons. The minimum Gasteiger partial charge on any atom is -0.399 e. The SMILES string of the molecule is N#CC(F)(F)c1ccc(N)cc1. The van der Waals surface area contributed by atoms with Crippen LogP contribution in [-0.2, 0) is 5.92 Å². The third-order valence-electron chi connectivity index (χ3n) is 1.41. The Bertz CT molecular complexity index is 311. The van der Waals surface area contributed by atoms with E-state index >= 15 is 0 Å². The summed E-state index contributed by atoms with van der Waals surface area (Å²) in [6.45, 7) is 0. The third-order valence-corrected chi connectivity index (χ3v) is 1.41. The van der Waals surface area contributed by atoms with Crippen LogP contribution in [0.5, 0.6) is 0 Å². The lowest BCUT2D eigenvalue weighted by Crippen LogP contribution is -2.09. The van der Waals surface area contributed by atoms with Crippen molar-refractivity contribution in [2.45, 2.75) is 5.92 Å². The molecular formula is C8H6F2N2. The van der Waals surface area contributed by atoms with Gasteiger partial charge in [0.2, 0.25) is 0 Å². The lowest BCUT2D eigenvalue weighted by Gasteiger charge is -2.06. The van der Waals surface area contributed by atoms with Crippen LogP contribution in [0.4, 0.5) is 14.5 Å². The monoisotopic (exact) mass is 168 g/mol. The van der Waals surface area contributed by atoms with Crippen LogP contribution in [0.25, 0.3) is 0 Å². The van der Waals surface area contributed by atoms with Crippen LogP contribution in [0.3, 0.4) is 0 Å². The average Bonchev–Trinajstić information content (AvgIpc) is 2.05.